The molecule has 1 fully saturated rings. The van der Waals surface area contributed by atoms with E-state index in [1.807, 2.05) is 48.3 Å². The third-order valence-electron chi connectivity index (χ3n) is 5.05. The summed E-state index contributed by atoms with van der Waals surface area (Å²) in [7, 11) is 0. The summed E-state index contributed by atoms with van der Waals surface area (Å²) in [5, 5.41) is 2.41. The van der Waals surface area contributed by atoms with Crippen LogP contribution in [0, 0.1) is 0 Å². The highest BCUT2D eigenvalue weighted by Crippen LogP contribution is 2.47. The highest BCUT2D eigenvalue weighted by molar-refractivity contribution is 8.14. The third-order valence-corrected chi connectivity index (χ3v) is 6.39. The summed E-state index contributed by atoms with van der Waals surface area (Å²) in [4.78, 5) is 12.1. The lowest BCUT2D eigenvalue weighted by Crippen LogP contribution is -2.30. The van der Waals surface area contributed by atoms with Crippen molar-refractivity contribution in [1.29, 1.82) is 0 Å². The lowest BCUT2D eigenvalue weighted by Gasteiger charge is -2.28. The Morgan fingerprint density at radius 3 is 2.85 bits per heavy atom. The Labute approximate surface area is 167 Å². The molecule has 4 nitrogen and oxygen atoms in total. The van der Waals surface area contributed by atoms with Gasteiger partial charge >= 0.3 is 0 Å². The Kier molecular flexibility index (Phi) is 4.21. The van der Waals surface area contributed by atoms with Crippen molar-refractivity contribution in [2.75, 3.05) is 6.54 Å². The van der Waals surface area contributed by atoms with Crippen molar-refractivity contribution in [3.05, 3.63) is 83.4 Å². The van der Waals surface area contributed by atoms with Crippen LogP contribution in [0.3, 0.4) is 0 Å². The van der Waals surface area contributed by atoms with Gasteiger partial charge in [0.1, 0.15) is 6.04 Å². The van der Waals surface area contributed by atoms with Crippen LogP contribution >= 0.6 is 23.4 Å². The zero-order chi connectivity index (χ0) is 18.4. The largest absolute Gasteiger partial charge is 0.339 e. The second kappa shape index (κ2) is 6.73. The summed E-state index contributed by atoms with van der Waals surface area (Å²) in [5.74, 6) is 0. The van der Waals surface area contributed by atoms with Crippen molar-refractivity contribution in [2.45, 2.75) is 24.3 Å². The fourth-order valence-corrected chi connectivity index (χ4v) is 5.21. The normalized spacial score (nSPS) is 24.1. The number of amidine groups is 1. The van der Waals surface area contributed by atoms with Gasteiger partial charge in [0.25, 0.3) is 0 Å². The predicted octanol–water partition coefficient (Wildman–Crippen LogP) is 5.12. The Morgan fingerprint density at radius 1 is 1.11 bits per heavy atom. The Balaban J connectivity index is 1.62. The summed E-state index contributed by atoms with van der Waals surface area (Å²) in [6.45, 7) is 3.26. The molecular weight excluding hydrogens is 376 g/mol. The van der Waals surface area contributed by atoms with Crippen molar-refractivity contribution >= 4 is 28.5 Å². The number of rotatable bonds is 3. The van der Waals surface area contributed by atoms with Crippen molar-refractivity contribution in [3.63, 3.8) is 0 Å². The first-order chi connectivity index (χ1) is 13.2. The van der Waals surface area contributed by atoms with Crippen molar-refractivity contribution in [1.82, 2.24) is 14.5 Å². The topological polar surface area (TPSA) is 33.4 Å². The highest BCUT2D eigenvalue weighted by atomic mass is 35.5. The number of thioether (sulfide) groups is 1. The molecule has 0 bridgehead atoms. The van der Waals surface area contributed by atoms with E-state index >= 15 is 0 Å². The van der Waals surface area contributed by atoms with E-state index in [-0.39, 0.29) is 12.1 Å². The smallest absolute Gasteiger partial charge is 0.160 e. The van der Waals surface area contributed by atoms with Crippen LogP contribution in [-0.4, -0.2) is 31.4 Å². The van der Waals surface area contributed by atoms with Gasteiger partial charge in [-0.1, -0.05) is 42.4 Å². The molecule has 0 radical (unpaired) electrons. The average Bonchev–Trinajstić information content (AvgIpc) is 3.36. The predicted molar refractivity (Wildman–Crippen MR) is 112 cm³/mol. The number of hydrogen-bond donors (Lipinski definition) is 0. The van der Waals surface area contributed by atoms with Gasteiger partial charge in [0.05, 0.1) is 11.7 Å². The standard InChI is InChI=1S/C21H19ClN4S/c1-14-13-26-20(19(24-21(26)27-14)17-8-2-3-10-23-17)18-9-5-11-25(18)16-7-4-6-15(22)12-16/h2-12,14,19-20H,13H2,1H3/t14-,19+,20-/m0/s1. The van der Waals surface area contributed by atoms with Crippen LogP contribution in [0.1, 0.15) is 30.4 Å². The fourth-order valence-electron chi connectivity index (χ4n) is 3.93. The van der Waals surface area contributed by atoms with E-state index in [0.29, 0.717) is 5.25 Å². The number of benzene rings is 1. The van der Waals surface area contributed by atoms with E-state index < -0.39 is 0 Å². The minimum absolute atomic E-state index is 0.00552. The summed E-state index contributed by atoms with van der Waals surface area (Å²) < 4.78 is 2.22. The van der Waals surface area contributed by atoms with Crippen LogP contribution in [0.2, 0.25) is 5.02 Å². The summed E-state index contributed by atoms with van der Waals surface area (Å²) in [6, 6.07) is 18.4. The molecule has 0 N–H and O–H groups in total. The zero-order valence-electron chi connectivity index (χ0n) is 14.9. The van der Waals surface area contributed by atoms with Crippen LogP contribution in [0.4, 0.5) is 0 Å². The molecule has 0 aliphatic carbocycles. The molecule has 5 rings (SSSR count). The molecule has 0 spiro atoms. The van der Waals surface area contributed by atoms with E-state index in [4.69, 9.17) is 16.6 Å². The molecule has 2 aliphatic heterocycles. The van der Waals surface area contributed by atoms with Gasteiger partial charge in [-0.05, 0) is 42.5 Å². The molecule has 27 heavy (non-hydrogen) atoms. The molecule has 136 valence electrons. The van der Waals surface area contributed by atoms with Gasteiger partial charge in [0, 0.05) is 40.6 Å². The minimum atomic E-state index is -0.00552. The van der Waals surface area contributed by atoms with Gasteiger partial charge in [0.15, 0.2) is 5.17 Å². The average molecular weight is 395 g/mol. The maximum atomic E-state index is 6.25. The molecule has 3 atom stereocenters. The van der Waals surface area contributed by atoms with Crippen LogP contribution in [0.25, 0.3) is 5.69 Å². The molecule has 2 aromatic heterocycles. The molecule has 3 aromatic rings. The quantitative estimate of drug-likeness (QED) is 0.618. The molecule has 0 unspecified atom stereocenters. The first-order valence-corrected chi connectivity index (χ1v) is 10.3. The van der Waals surface area contributed by atoms with Crippen LogP contribution in [0.15, 0.2) is 72.0 Å². The van der Waals surface area contributed by atoms with Gasteiger partial charge in [-0.25, -0.2) is 0 Å². The molecule has 0 saturated carbocycles. The van der Waals surface area contributed by atoms with Crippen molar-refractivity contribution in [3.8, 4) is 5.69 Å². The molecule has 4 heterocycles. The van der Waals surface area contributed by atoms with Crippen LogP contribution in [-0.2, 0) is 0 Å². The second-order valence-electron chi connectivity index (χ2n) is 6.92. The second-order valence-corrected chi connectivity index (χ2v) is 8.76. The SMILES string of the molecule is C[C@H]1CN2C(=N[C@H](c3ccccn3)[C@@H]2c2cccn2-c2cccc(Cl)c2)S1. The maximum Gasteiger partial charge on any atom is 0.160 e. The van der Waals surface area contributed by atoms with Gasteiger partial charge in [0.2, 0.25) is 0 Å². The van der Waals surface area contributed by atoms with Gasteiger partial charge in [-0.15, -0.1) is 0 Å². The monoisotopic (exact) mass is 394 g/mol. The first kappa shape index (κ1) is 16.9. The number of pyridine rings is 1. The minimum Gasteiger partial charge on any atom is -0.339 e. The number of halogens is 1. The van der Waals surface area contributed by atoms with Crippen LogP contribution in [0.5, 0.6) is 0 Å². The summed E-state index contributed by atoms with van der Waals surface area (Å²) in [5.41, 5.74) is 3.29. The summed E-state index contributed by atoms with van der Waals surface area (Å²) >= 11 is 8.10. The third kappa shape index (κ3) is 2.95. The van der Waals surface area contributed by atoms with Crippen molar-refractivity contribution < 1.29 is 0 Å². The molecule has 2 aliphatic rings. The number of hydrogen-bond acceptors (Lipinski definition) is 4. The molecule has 0 amide bonds. The molecule has 6 heteroatoms. The Bertz CT molecular complexity index is 1000. The first-order valence-electron chi connectivity index (χ1n) is 9.06. The lowest BCUT2D eigenvalue weighted by molar-refractivity contribution is 0.312. The van der Waals surface area contributed by atoms with E-state index in [1.165, 1.54) is 5.69 Å². The van der Waals surface area contributed by atoms with E-state index in [2.05, 4.69) is 51.8 Å². The van der Waals surface area contributed by atoms with Crippen LogP contribution < -0.4 is 0 Å². The molecular formula is C21H19ClN4S. The van der Waals surface area contributed by atoms with Gasteiger partial charge < -0.3 is 9.47 Å². The summed E-state index contributed by atoms with van der Waals surface area (Å²) in [6.07, 6.45) is 3.95. The fraction of sp³-hybridized carbons (Fsp3) is 0.238. The van der Waals surface area contributed by atoms with E-state index in [1.54, 1.807) is 0 Å². The molecule has 1 saturated heterocycles. The molecule has 1 aromatic carbocycles. The lowest BCUT2D eigenvalue weighted by atomic mass is 10.0. The highest BCUT2D eigenvalue weighted by Gasteiger charge is 2.44. The number of aromatic nitrogens is 2. The number of fused-ring (bicyclic) bond motifs is 1. The number of aliphatic imine (C=N–C) groups is 1. The Morgan fingerprint density at radius 2 is 2.04 bits per heavy atom. The maximum absolute atomic E-state index is 6.25. The Hall–Kier alpha value is -2.24. The van der Waals surface area contributed by atoms with E-state index in [0.717, 1.165) is 28.1 Å². The van der Waals surface area contributed by atoms with Gasteiger partial charge in [-0.2, -0.15) is 0 Å². The number of nitrogens with zero attached hydrogens (tertiary/aromatic N) is 4. The zero-order valence-corrected chi connectivity index (χ0v) is 16.4. The van der Waals surface area contributed by atoms with Gasteiger partial charge in [-0.3, -0.25) is 9.98 Å². The van der Waals surface area contributed by atoms with Crippen molar-refractivity contribution in [2.24, 2.45) is 4.99 Å². The van der Waals surface area contributed by atoms with E-state index in [9.17, 15) is 0 Å².